The first-order valence-corrected chi connectivity index (χ1v) is 21.1. The van der Waals surface area contributed by atoms with E-state index in [1.807, 2.05) is 0 Å². The molecule has 0 saturated carbocycles. The lowest BCUT2D eigenvalue weighted by Gasteiger charge is -2.32. The normalized spacial score (nSPS) is 14.3. The zero-order valence-corrected chi connectivity index (χ0v) is 35.3. The zero-order chi connectivity index (χ0) is 40.7. The molecule has 288 valence electrons. The van der Waals surface area contributed by atoms with E-state index in [1.165, 1.54) is 89.1 Å². The monoisotopic (exact) mass is 761 g/mol. The highest BCUT2D eigenvalue weighted by Gasteiger charge is 2.39. The highest BCUT2D eigenvalue weighted by atomic mass is 15.1. The summed E-state index contributed by atoms with van der Waals surface area (Å²) in [6, 6.07) is 68.2. The van der Waals surface area contributed by atoms with Crippen molar-refractivity contribution in [3.63, 3.8) is 0 Å². The van der Waals surface area contributed by atoms with Crippen LogP contribution in [0.1, 0.15) is 76.3 Å². The van der Waals surface area contributed by atoms with E-state index in [9.17, 15) is 0 Å². The maximum atomic E-state index is 2.57. The summed E-state index contributed by atoms with van der Waals surface area (Å²) in [7, 11) is 0. The Hall–Kier alpha value is -6.44. The third-order valence-electron chi connectivity index (χ3n) is 13.3. The maximum absolute atomic E-state index is 2.57. The fourth-order valence-corrected chi connectivity index (χ4v) is 9.94. The van der Waals surface area contributed by atoms with Gasteiger partial charge in [0.2, 0.25) is 0 Å². The number of benzene rings is 8. The zero-order valence-electron chi connectivity index (χ0n) is 35.3. The second-order valence-electron chi connectivity index (χ2n) is 18.6. The third-order valence-corrected chi connectivity index (χ3v) is 13.3. The minimum absolute atomic E-state index is 0.117. The van der Waals surface area contributed by atoms with Gasteiger partial charge in [-0.05, 0) is 102 Å². The number of nitrogens with zero attached hydrogens (tertiary/aromatic N) is 1. The maximum Gasteiger partial charge on any atom is 0.0546 e. The molecule has 2 aliphatic rings. The van der Waals surface area contributed by atoms with E-state index in [-0.39, 0.29) is 16.2 Å². The summed E-state index contributed by atoms with van der Waals surface area (Å²) >= 11 is 0. The third kappa shape index (κ3) is 5.98. The second kappa shape index (κ2) is 13.6. The van der Waals surface area contributed by atoms with Gasteiger partial charge in [0.1, 0.15) is 0 Å². The fraction of sp³-hybridized carbons (Fsp3) is 0.172. The number of rotatable bonds is 6. The molecule has 8 aromatic rings. The van der Waals surface area contributed by atoms with Crippen molar-refractivity contribution >= 4 is 17.1 Å². The summed E-state index contributed by atoms with van der Waals surface area (Å²) in [4.78, 5) is 2.57. The molecule has 8 aromatic carbocycles. The Morgan fingerprint density at radius 2 is 0.864 bits per heavy atom. The topological polar surface area (TPSA) is 3.24 Å². The molecule has 59 heavy (non-hydrogen) atoms. The van der Waals surface area contributed by atoms with E-state index in [4.69, 9.17) is 0 Å². The predicted octanol–water partition coefficient (Wildman–Crippen LogP) is 16.1. The van der Waals surface area contributed by atoms with Gasteiger partial charge in [-0.3, -0.25) is 0 Å². The van der Waals surface area contributed by atoms with E-state index in [2.05, 4.69) is 235 Å². The van der Waals surface area contributed by atoms with Gasteiger partial charge in [-0.15, -0.1) is 0 Å². The average molecular weight is 762 g/mol. The van der Waals surface area contributed by atoms with Gasteiger partial charge in [0, 0.05) is 27.6 Å². The van der Waals surface area contributed by atoms with Crippen LogP contribution in [-0.4, -0.2) is 0 Å². The minimum Gasteiger partial charge on any atom is -0.309 e. The Morgan fingerprint density at radius 1 is 0.356 bits per heavy atom. The van der Waals surface area contributed by atoms with Gasteiger partial charge in [-0.2, -0.15) is 0 Å². The summed E-state index contributed by atoms with van der Waals surface area (Å²) < 4.78 is 0. The van der Waals surface area contributed by atoms with Crippen LogP contribution in [0.25, 0.3) is 55.6 Å². The Labute approximate surface area is 350 Å². The lowest BCUT2D eigenvalue weighted by molar-refractivity contribution is 0.590. The number of hydrogen-bond acceptors (Lipinski definition) is 1. The van der Waals surface area contributed by atoms with Crippen molar-refractivity contribution in [2.75, 3.05) is 4.90 Å². The first-order chi connectivity index (χ1) is 28.4. The molecular formula is C58H51N. The van der Waals surface area contributed by atoms with Crippen LogP contribution in [0.15, 0.2) is 182 Å². The van der Waals surface area contributed by atoms with Gasteiger partial charge in [-0.1, -0.05) is 206 Å². The van der Waals surface area contributed by atoms with Crippen molar-refractivity contribution in [2.24, 2.45) is 0 Å². The molecule has 0 aromatic heterocycles. The molecule has 0 bridgehead atoms. The minimum atomic E-state index is -0.142. The van der Waals surface area contributed by atoms with Crippen molar-refractivity contribution < 1.29 is 0 Å². The van der Waals surface area contributed by atoms with Gasteiger partial charge >= 0.3 is 0 Å². The highest BCUT2D eigenvalue weighted by molar-refractivity contribution is 5.99. The molecule has 1 heteroatoms. The molecule has 0 amide bonds. The van der Waals surface area contributed by atoms with Crippen molar-refractivity contribution in [1.29, 1.82) is 0 Å². The number of hydrogen-bond donors (Lipinski definition) is 0. The first-order valence-electron chi connectivity index (χ1n) is 21.1. The second-order valence-corrected chi connectivity index (χ2v) is 18.6. The van der Waals surface area contributed by atoms with E-state index in [0.717, 1.165) is 11.4 Å². The summed E-state index contributed by atoms with van der Waals surface area (Å²) in [5.41, 5.74) is 22.6. The van der Waals surface area contributed by atoms with E-state index in [0.29, 0.717) is 0 Å². The molecule has 0 atom stereocenters. The number of fused-ring (bicyclic) bond motifs is 6. The average Bonchev–Trinajstić information content (AvgIpc) is 3.63. The van der Waals surface area contributed by atoms with Gasteiger partial charge in [0.25, 0.3) is 0 Å². The van der Waals surface area contributed by atoms with Crippen LogP contribution in [0.3, 0.4) is 0 Å². The van der Waals surface area contributed by atoms with Crippen LogP contribution in [0.4, 0.5) is 17.1 Å². The molecule has 0 N–H and O–H groups in total. The summed E-state index contributed by atoms with van der Waals surface area (Å²) in [5, 5.41) is 0. The molecule has 0 fully saturated rings. The van der Waals surface area contributed by atoms with Crippen LogP contribution in [-0.2, 0) is 16.2 Å². The van der Waals surface area contributed by atoms with Crippen molar-refractivity contribution in [2.45, 2.75) is 64.7 Å². The van der Waals surface area contributed by atoms with Crippen molar-refractivity contribution in [3.8, 4) is 55.6 Å². The van der Waals surface area contributed by atoms with Gasteiger partial charge in [-0.25, -0.2) is 0 Å². The largest absolute Gasteiger partial charge is 0.309 e. The molecule has 1 nitrogen and oxygen atoms in total. The molecule has 0 saturated heterocycles. The summed E-state index contributed by atoms with van der Waals surface area (Å²) in [6.07, 6.45) is 0. The lowest BCUT2D eigenvalue weighted by atomic mass is 9.82. The Morgan fingerprint density at radius 3 is 1.56 bits per heavy atom. The van der Waals surface area contributed by atoms with E-state index in [1.54, 1.807) is 0 Å². The molecule has 0 spiro atoms. The first kappa shape index (κ1) is 36.9. The van der Waals surface area contributed by atoms with Crippen LogP contribution >= 0.6 is 0 Å². The Bertz CT molecular complexity index is 2880. The Kier molecular flexibility index (Phi) is 8.48. The molecule has 0 heterocycles. The summed E-state index contributed by atoms with van der Waals surface area (Å²) in [6.45, 7) is 16.3. The standard InChI is InChI=1S/C58H51N/c1-56(2,3)43-31-28-40(29-32-43)39-24-26-41(27-25-39)45-34-30-42(38-16-9-8-10-17-38)36-54(45)59(44-33-35-47-46-18-11-13-20-49(46)58(6,7)52(47)37-44)53-23-15-22-51-55(53)48-19-12-14-21-50(48)57(51,4)5/h8-37H,1-7H3. The summed E-state index contributed by atoms with van der Waals surface area (Å²) in [5.74, 6) is 0. The lowest BCUT2D eigenvalue weighted by Crippen LogP contribution is -2.18. The van der Waals surface area contributed by atoms with Gasteiger partial charge in [0.05, 0.1) is 11.4 Å². The van der Waals surface area contributed by atoms with E-state index >= 15 is 0 Å². The van der Waals surface area contributed by atoms with Gasteiger partial charge < -0.3 is 4.90 Å². The molecular weight excluding hydrogens is 711 g/mol. The smallest absolute Gasteiger partial charge is 0.0546 e. The van der Waals surface area contributed by atoms with Crippen molar-refractivity contribution in [3.05, 3.63) is 210 Å². The fourth-order valence-electron chi connectivity index (χ4n) is 9.94. The Balaban J connectivity index is 1.22. The predicted molar refractivity (Wildman–Crippen MR) is 251 cm³/mol. The van der Waals surface area contributed by atoms with Crippen LogP contribution < -0.4 is 4.90 Å². The molecule has 0 unspecified atom stereocenters. The van der Waals surface area contributed by atoms with Crippen molar-refractivity contribution in [1.82, 2.24) is 0 Å². The quantitative estimate of drug-likeness (QED) is 0.163. The van der Waals surface area contributed by atoms with E-state index < -0.39 is 0 Å². The SMILES string of the molecule is CC(C)(C)c1ccc(-c2ccc(-c3ccc(-c4ccccc4)cc3N(c3ccc4c(c3)C(C)(C)c3ccccc3-4)c3cccc4c3-c3ccccc3C4(C)C)cc2)cc1. The van der Waals surface area contributed by atoms with Crippen LogP contribution in [0, 0.1) is 0 Å². The number of anilines is 3. The van der Waals surface area contributed by atoms with Crippen LogP contribution in [0.5, 0.6) is 0 Å². The molecule has 0 aliphatic heterocycles. The van der Waals surface area contributed by atoms with Crippen LogP contribution in [0.2, 0.25) is 0 Å². The molecule has 0 radical (unpaired) electrons. The molecule has 10 rings (SSSR count). The molecule has 2 aliphatic carbocycles. The highest BCUT2D eigenvalue weighted by Crippen LogP contribution is 2.56. The van der Waals surface area contributed by atoms with Gasteiger partial charge in [0.15, 0.2) is 0 Å².